The highest BCUT2D eigenvalue weighted by atomic mass is 16.5. The van der Waals surface area contributed by atoms with Crippen LogP contribution in [0.5, 0.6) is 5.75 Å². The third-order valence-electron chi connectivity index (χ3n) is 5.99. The van der Waals surface area contributed by atoms with Crippen molar-refractivity contribution in [2.45, 2.75) is 73.1 Å². The van der Waals surface area contributed by atoms with Gasteiger partial charge in [-0.05, 0) is 48.8 Å². The first-order valence-electron chi connectivity index (χ1n) is 9.01. The minimum Gasteiger partial charge on any atom is -0.496 e. The van der Waals surface area contributed by atoms with Crippen molar-refractivity contribution in [2.75, 3.05) is 7.11 Å². The van der Waals surface area contributed by atoms with Crippen LogP contribution in [0.4, 0.5) is 0 Å². The van der Waals surface area contributed by atoms with E-state index in [1.54, 1.807) is 7.11 Å². The van der Waals surface area contributed by atoms with Crippen molar-refractivity contribution in [1.82, 2.24) is 0 Å². The number of ether oxygens (including phenoxy) is 1. The average molecular weight is 327 g/mol. The fourth-order valence-corrected chi connectivity index (χ4v) is 4.29. The molecular weight excluding hydrogens is 292 g/mol. The van der Waals surface area contributed by atoms with Crippen molar-refractivity contribution in [1.29, 1.82) is 0 Å². The molecular formula is C23H34O. The van der Waals surface area contributed by atoms with Crippen molar-refractivity contribution in [2.24, 2.45) is 5.92 Å². The van der Waals surface area contributed by atoms with Crippen molar-refractivity contribution < 1.29 is 4.74 Å². The largest absolute Gasteiger partial charge is 0.496 e. The van der Waals surface area contributed by atoms with Crippen molar-refractivity contribution in [3.8, 4) is 5.75 Å². The van der Waals surface area contributed by atoms with E-state index in [1.165, 1.54) is 33.4 Å². The van der Waals surface area contributed by atoms with Gasteiger partial charge in [-0.2, -0.15) is 0 Å². The first-order chi connectivity index (χ1) is 10.9. The molecule has 2 rings (SSSR count). The molecule has 0 N–H and O–H groups in total. The topological polar surface area (TPSA) is 9.23 Å². The van der Waals surface area contributed by atoms with Crippen LogP contribution in [0.2, 0.25) is 0 Å². The van der Waals surface area contributed by atoms with Gasteiger partial charge in [-0.3, -0.25) is 0 Å². The van der Waals surface area contributed by atoms with E-state index in [-0.39, 0.29) is 10.8 Å². The Labute approximate surface area is 148 Å². The summed E-state index contributed by atoms with van der Waals surface area (Å²) in [7, 11) is 1.80. The first-order valence-corrected chi connectivity index (χ1v) is 9.01. The van der Waals surface area contributed by atoms with Gasteiger partial charge in [0, 0.05) is 11.0 Å². The summed E-state index contributed by atoms with van der Waals surface area (Å²) < 4.78 is 5.93. The number of allylic oxidation sites excluding steroid dienone is 4. The Morgan fingerprint density at radius 1 is 0.875 bits per heavy atom. The second-order valence-electron chi connectivity index (χ2n) is 8.85. The third-order valence-corrected chi connectivity index (χ3v) is 5.99. The van der Waals surface area contributed by atoms with E-state index in [2.05, 4.69) is 80.5 Å². The van der Waals surface area contributed by atoms with Crippen LogP contribution < -0.4 is 4.74 Å². The van der Waals surface area contributed by atoms with Crippen LogP contribution in [0.1, 0.15) is 73.4 Å². The lowest BCUT2D eigenvalue weighted by Gasteiger charge is -2.34. The molecule has 0 heterocycles. The van der Waals surface area contributed by atoms with E-state index in [4.69, 9.17) is 4.74 Å². The fraction of sp³-hybridized carbons (Fsp3) is 0.565. The predicted octanol–water partition coefficient (Wildman–Crippen LogP) is 6.57. The number of methoxy groups -OCH3 is 1. The van der Waals surface area contributed by atoms with Crippen LogP contribution in [0.15, 0.2) is 40.5 Å². The summed E-state index contributed by atoms with van der Waals surface area (Å²) in [6.45, 7) is 20.6. The Morgan fingerprint density at radius 2 is 1.42 bits per heavy atom. The lowest BCUT2D eigenvalue weighted by atomic mass is 9.72. The molecule has 0 spiro atoms. The van der Waals surface area contributed by atoms with Gasteiger partial charge in [0.25, 0.3) is 0 Å². The molecule has 0 amide bonds. The molecule has 0 fully saturated rings. The standard InChI is InChI=1S/C23H34O/c1-14-15(2)17(4)20(16(14)3)23(8,9)19-13-11-12-18(21(19)24-10)22(5,6)7/h11-14H,1-10H3. The molecule has 1 aliphatic rings. The highest BCUT2D eigenvalue weighted by molar-refractivity contribution is 5.59. The summed E-state index contributed by atoms with van der Waals surface area (Å²) in [5.74, 6) is 1.58. The number of benzene rings is 1. The number of hydrogen-bond donors (Lipinski definition) is 0. The maximum absolute atomic E-state index is 5.93. The molecule has 1 aliphatic carbocycles. The highest BCUT2D eigenvalue weighted by Gasteiger charge is 2.37. The Morgan fingerprint density at radius 3 is 1.83 bits per heavy atom. The SMILES string of the molecule is COc1c(C(C)(C)C)cccc1C(C)(C)C1=C(C)C(C)C(C)=C1C. The summed E-state index contributed by atoms with van der Waals surface area (Å²) >= 11 is 0. The summed E-state index contributed by atoms with van der Waals surface area (Å²) in [6, 6.07) is 6.62. The normalized spacial score (nSPS) is 19.3. The Kier molecular flexibility index (Phi) is 4.78. The quantitative estimate of drug-likeness (QED) is 0.610. The number of rotatable bonds is 3. The molecule has 0 radical (unpaired) electrons. The molecule has 24 heavy (non-hydrogen) atoms. The molecule has 0 bridgehead atoms. The molecule has 1 atom stereocenters. The van der Waals surface area contributed by atoms with Gasteiger partial charge in [-0.15, -0.1) is 0 Å². The van der Waals surface area contributed by atoms with Gasteiger partial charge in [-0.25, -0.2) is 0 Å². The summed E-state index contributed by atoms with van der Waals surface area (Å²) in [5.41, 5.74) is 8.48. The smallest absolute Gasteiger partial charge is 0.126 e. The van der Waals surface area contributed by atoms with Gasteiger partial charge in [0.05, 0.1) is 7.11 Å². The second kappa shape index (κ2) is 6.10. The molecule has 0 aliphatic heterocycles. The van der Waals surface area contributed by atoms with Gasteiger partial charge in [0.2, 0.25) is 0 Å². The second-order valence-corrected chi connectivity index (χ2v) is 8.85. The van der Waals surface area contributed by atoms with Crippen molar-refractivity contribution in [3.63, 3.8) is 0 Å². The minimum atomic E-state index is -0.0766. The predicted molar refractivity (Wildman–Crippen MR) is 105 cm³/mol. The zero-order valence-corrected chi connectivity index (χ0v) is 17.2. The number of hydrogen-bond acceptors (Lipinski definition) is 1. The summed E-state index contributed by atoms with van der Waals surface area (Å²) in [5, 5.41) is 0. The van der Waals surface area contributed by atoms with E-state index >= 15 is 0 Å². The van der Waals surface area contributed by atoms with Crippen LogP contribution in [0.25, 0.3) is 0 Å². The average Bonchev–Trinajstić information content (AvgIpc) is 2.69. The molecule has 0 saturated heterocycles. The van der Waals surface area contributed by atoms with E-state index in [0.717, 1.165) is 5.75 Å². The third kappa shape index (κ3) is 2.83. The molecule has 1 heteroatoms. The maximum atomic E-state index is 5.93. The fourth-order valence-electron chi connectivity index (χ4n) is 4.29. The van der Waals surface area contributed by atoms with Crippen LogP contribution in [0.3, 0.4) is 0 Å². The van der Waals surface area contributed by atoms with Gasteiger partial charge in [0.1, 0.15) is 5.75 Å². The Bertz CT molecular complexity index is 708. The van der Waals surface area contributed by atoms with Gasteiger partial charge in [0.15, 0.2) is 0 Å². The molecule has 1 aromatic rings. The van der Waals surface area contributed by atoms with E-state index in [9.17, 15) is 0 Å². The number of para-hydroxylation sites is 1. The van der Waals surface area contributed by atoms with E-state index in [0.29, 0.717) is 5.92 Å². The summed E-state index contributed by atoms with van der Waals surface area (Å²) in [4.78, 5) is 0. The maximum Gasteiger partial charge on any atom is 0.126 e. The zero-order valence-electron chi connectivity index (χ0n) is 17.2. The van der Waals surface area contributed by atoms with Gasteiger partial charge < -0.3 is 4.74 Å². The minimum absolute atomic E-state index is 0.0601. The first kappa shape index (κ1) is 18.8. The summed E-state index contributed by atoms with van der Waals surface area (Å²) in [6.07, 6.45) is 0. The molecule has 1 aromatic carbocycles. The lowest BCUT2D eigenvalue weighted by Crippen LogP contribution is -2.24. The molecule has 0 saturated carbocycles. The Balaban J connectivity index is 2.72. The van der Waals surface area contributed by atoms with Crippen LogP contribution >= 0.6 is 0 Å². The van der Waals surface area contributed by atoms with Crippen molar-refractivity contribution in [3.05, 3.63) is 51.6 Å². The van der Waals surface area contributed by atoms with Gasteiger partial charge >= 0.3 is 0 Å². The highest BCUT2D eigenvalue weighted by Crippen LogP contribution is 2.50. The van der Waals surface area contributed by atoms with Crippen molar-refractivity contribution >= 4 is 0 Å². The van der Waals surface area contributed by atoms with Gasteiger partial charge in [-0.1, -0.05) is 70.9 Å². The molecule has 0 aromatic heterocycles. The van der Waals surface area contributed by atoms with Crippen LogP contribution in [0, 0.1) is 5.92 Å². The van der Waals surface area contributed by atoms with Crippen LogP contribution in [-0.2, 0) is 10.8 Å². The van der Waals surface area contributed by atoms with E-state index < -0.39 is 0 Å². The van der Waals surface area contributed by atoms with E-state index in [1.807, 2.05) is 0 Å². The molecule has 132 valence electrons. The molecule has 1 nitrogen and oxygen atoms in total. The Hall–Kier alpha value is -1.50. The zero-order chi connectivity index (χ0) is 18.4. The molecule has 1 unspecified atom stereocenters. The lowest BCUT2D eigenvalue weighted by molar-refractivity contribution is 0.384. The van der Waals surface area contributed by atoms with Crippen LogP contribution in [-0.4, -0.2) is 7.11 Å². The monoisotopic (exact) mass is 326 g/mol.